The van der Waals surface area contributed by atoms with Crippen molar-refractivity contribution >= 4 is 11.7 Å². The number of aromatic nitrogens is 3. The van der Waals surface area contributed by atoms with E-state index in [-0.39, 0.29) is 11.3 Å². The van der Waals surface area contributed by atoms with Gasteiger partial charge in [-0.25, -0.2) is 4.68 Å². The molecule has 1 amide bonds. The maximum atomic E-state index is 12.9. The van der Waals surface area contributed by atoms with E-state index in [1.165, 1.54) is 6.42 Å². The Morgan fingerprint density at radius 3 is 2.74 bits per heavy atom. The fraction of sp³-hybridized carbons (Fsp3) is 0.571. The normalized spacial score (nSPS) is 34.0. The topological polar surface area (TPSA) is 80.0 Å². The fourth-order valence-corrected chi connectivity index (χ4v) is 6.37. The van der Waals surface area contributed by atoms with E-state index >= 15 is 0 Å². The van der Waals surface area contributed by atoms with E-state index < -0.39 is 5.60 Å². The van der Waals surface area contributed by atoms with Crippen molar-refractivity contribution in [2.24, 2.45) is 17.3 Å². The molecular formula is C21H26N4O2. The van der Waals surface area contributed by atoms with Crippen LogP contribution in [0.4, 0.5) is 5.82 Å². The summed E-state index contributed by atoms with van der Waals surface area (Å²) >= 11 is 0. The van der Waals surface area contributed by atoms with Crippen LogP contribution in [0.5, 0.6) is 0 Å². The van der Waals surface area contributed by atoms with Crippen molar-refractivity contribution in [2.75, 3.05) is 5.32 Å². The lowest BCUT2D eigenvalue weighted by molar-refractivity contribution is -0.167. The predicted octanol–water partition coefficient (Wildman–Crippen LogP) is 2.99. The Balaban J connectivity index is 1.28. The van der Waals surface area contributed by atoms with Gasteiger partial charge in [-0.2, -0.15) is 5.10 Å². The van der Waals surface area contributed by atoms with E-state index in [4.69, 9.17) is 0 Å². The molecule has 6 nitrogen and oxygen atoms in total. The van der Waals surface area contributed by atoms with E-state index in [2.05, 4.69) is 15.4 Å². The van der Waals surface area contributed by atoms with Gasteiger partial charge in [0.15, 0.2) is 0 Å². The van der Waals surface area contributed by atoms with Crippen LogP contribution in [0.3, 0.4) is 0 Å². The van der Waals surface area contributed by atoms with Gasteiger partial charge >= 0.3 is 0 Å². The van der Waals surface area contributed by atoms with Gasteiger partial charge in [0.1, 0.15) is 5.82 Å². The number of hydrogen-bond donors (Lipinski definition) is 2. The average molecular weight is 366 g/mol. The molecule has 2 aromatic heterocycles. The molecule has 0 aliphatic heterocycles. The molecule has 6 heteroatoms. The molecule has 0 saturated heterocycles. The summed E-state index contributed by atoms with van der Waals surface area (Å²) < 4.78 is 1.79. The number of nitrogens with one attached hydrogen (secondary N) is 1. The minimum absolute atomic E-state index is 0.0167. The minimum Gasteiger partial charge on any atom is -0.390 e. The number of carbonyl (C=O) groups is 1. The van der Waals surface area contributed by atoms with Gasteiger partial charge in [0.05, 0.1) is 18.3 Å². The molecule has 2 atom stereocenters. The Labute approximate surface area is 159 Å². The number of amides is 1. The number of anilines is 1. The zero-order chi connectivity index (χ0) is 18.5. The van der Waals surface area contributed by atoms with Gasteiger partial charge < -0.3 is 10.4 Å². The first kappa shape index (κ1) is 16.9. The number of rotatable bonds is 5. The van der Waals surface area contributed by atoms with Crippen LogP contribution < -0.4 is 5.32 Å². The predicted molar refractivity (Wildman–Crippen MR) is 101 cm³/mol. The quantitative estimate of drug-likeness (QED) is 0.852. The fourth-order valence-electron chi connectivity index (χ4n) is 6.37. The van der Waals surface area contributed by atoms with Crippen molar-refractivity contribution < 1.29 is 9.90 Å². The Hall–Kier alpha value is -2.21. The van der Waals surface area contributed by atoms with Crippen LogP contribution in [-0.4, -0.2) is 31.4 Å². The second-order valence-electron chi connectivity index (χ2n) is 9.15. The van der Waals surface area contributed by atoms with Crippen molar-refractivity contribution in [3.8, 4) is 0 Å². The molecule has 6 rings (SSSR count). The van der Waals surface area contributed by atoms with Crippen molar-refractivity contribution in [3.05, 3.63) is 42.4 Å². The van der Waals surface area contributed by atoms with Crippen LogP contribution in [-0.2, 0) is 11.3 Å². The number of pyridine rings is 1. The molecule has 4 saturated carbocycles. The van der Waals surface area contributed by atoms with Crippen molar-refractivity contribution in [3.63, 3.8) is 0 Å². The van der Waals surface area contributed by atoms with Gasteiger partial charge in [0.25, 0.3) is 0 Å². The second-order valence-corrected chi connectivity index (χ2v) is 9.15. The van der Waals surface area contributed by atoms with Crippen LogP contribution in [0.1, 0.15) is 50.5 Å². The third-order valence-electron chi connectivity index (χ3n) is 6.73. The highest BCUT2D eigenvalue weighted by Gasteiger charge is 2.57. The first-order valence-corrected chi connectivity index (χ1v) is 9.94. The molecule has 27 heavy (non-hydrogen) atoms. The van der Waals surface area contributed by atoms with Crippen LogP contribution >= 0.6 is 0 Å². The molecule has 4 bridgehead atoms. The Morgan fingerprint density at radius 1 is 1.22 bits per heavy atom. The maximum absolute atomic E-state index is 12.9. The average Bonchev–Trinajstić information content (AvgIpc) is 2.99. The summed E-state index contributed by atoms with van der Waals surface area (Å²) in [6, 6.07) is 5.73. The molecule has 0 aromatic carbocycles. The van der Waals surface area contributed by atoms with E-state index in [0.717, 1.165) is 37.7 Å². The van der Waals surface area contributed by atoms with E-state index in [9.17, 15) is 9.90 Å². The zero-order valence-electron chi connectivity index (χ0n) is 15.5. The number of carbonyl (C=O) groups excluding carboxylic acids is 1. The molecule has 0 radical (unpaired) electrons. The smallest absolute Gasteiger partial charge is 0.226 e. The first-order valence-electron chi connectivity index (χ1n) is 9.94. The molecule has 2 N–H and O–H groups in total. The molecule has 2 heterocycles. The molecular weight excluding hydrogens is 340 g/mol. The standard InChI is InChI=1S/C21H26N4O2/c26-19(11-20-7-16-6-17(8-20)10-21(27,9-16)14-20)24-18-3-5-23-25(18)13-15-2-1-4-22-12-15/h1-5,12,16-17,27H,6-11,13-14H2,(H,24,26). The lowest BCUT2D eigenvalue weighted by atomic mass is 9.47. The SMILES string of the molecule is O=C(CC12CC3CC(CC(O)(C3)C1)C2)Nc1ccnn1Cc1cccnc1. The summed E-state index contributed by atoms with van der Waals surface area (Å²) in [4.78, 5) is 17.0. The van der Waals surface area contributed by atoms with Gasteiger partial charge in [-0.1, -0.05) is 6.07 Å². The molecule has 0 spiro atoms. The van der Waals surface area contributed by atoms with Gasteiger partial charge in [0, 0.05) is 24.9 Å². The van der Waals surface area contributed by atoms with Crippen LogP contribution in [0.25, 0.3) is 0 Å². The third-order valence-corrected chi connectivity index (χ3v) is 6.73. The number of hydrogen-bond acceptors (Lipinski definition) is 4. The summed E-state index contributed by atoms with van der Waals surface area (Å²) in [5.41, 5.74) is 0.504. The zero-order valence-corrected chi connectivity index (χ0v) is 15.5. The summed E-state index contributed by atoms with van der Waals surface area (Å²) in [5, 5.41) is 18.3. The van der Waals surface area contributed by atoms with Crippen molar-refractivity contribution in [1.82, 2.24) is 14.8 Å². The van der Waals surface area contributed by atoms with Gasteiger partial charge in [0.2, 0.25) is 5.91 Å². The first-order chi connectivity index (χ1) is 13.0. The molecule has 4 fully saturated rings. The molecule has 142 valence electrons. The highest BCUT2D eigenvalue weighted by molar-refractivity contribution is 5.90. The number of aliphatic hydroxyl groups is 1. The minimum atomic E-state index is -0.521. The number of nitrogens with zero attached hydrogens (tertiary/aromatic N) is 3. The van der Waals surface area contributed by atoms with Crippen LogP contribution in [0.15, 0.2) is 36.8 Å². The Morgan fingerprint density at radius 2 is 2.04 bits per heavy atom. The lowest BCUT2D eigenvalue weighted by Gasteiger charge is -2.60. The molecule has 2 aromatic rings. The highest BCUT2D eigenvalue weighted by atomic mass is 16.3. The van der Waals surface area contributed by atoms with E-state index in [0.29, 0.717) is 30.6 Å². The summed E-state index contributed by atoms with van der Waals surface area (Å²) in [7, 11) is 0. The molecule has 4 aliphatic carbocycles. The second kappa shape index (κ2) is 6.16. The van der Waals surface area contributed by atoms with Gasteiger partial charge in [-0.3, -0.25) is 9.78 Å². The summed E-state index contributed by atoms with van der Waals surface area (Å²) in [5.74, 6) is 1.95. The third kappa shape index (κ3) is 3.27. The summed E-state index contributed by atoms with van der Waals surface area (Å²) in [6.45, 7) is 0.575. The Bertz CT molecular complexity index is 833. The summed E-state index contributed by atoms with van der Waals surface area (Å²) in [6.07, 6.45) is 11.8. The maximum Gasteiger partial charge on any atom is 0.226 e. The van der Waals surface area contributed by atoms with Crippen LogP contribution in [0, 0.1) is 17.3 Å². The van der Waals surface area contributed by atoms with E-state index in [1.54, 1.807) is 17.1 Å². The van der Waals surface area contributed by atoms with E-state index in [1.807, 2.05) is 24.4 Å². The van der Waals surface area contributed by atoms with Gasteiger partial charge in [-0.15, -0.1) is 0 Å². The van der Waals surface area contributed by atoms with Crippen molar-refractivity contribution in [1.29, 1.82) is 0 Å². The highest BCUT2D eigenvalue weighted by Crippen LogP contribution is 2.62. The largest absolute Gasteiger partial charge is 0.390 e. The molecule has 4 aliphatic rings. The lowest BCUT2D eigenvalue weighted by Crippen LogP contribution is -2.56. The van der Waals surface area contributed by atoms with Crippen LogP contribution in [0.2, 0.25) is 0 Å². The molecule has 2 unspecified atom stereocenters. The monoisotopic (exact) mass is 366 g/mol. The Kier molecular flexibility index (Phi) is 3.86. The van der Waals surface area contributed by atoms with Crippen molar-refractivity contribution in [2.45, 2.75) is 57.1 Å². The van der Waals surface area contributed by atoms with Gasteiger partial charge in [-0.05, 0) is 67.4 Å².